The van der Waals surface area contributed by atoms with Crippen LogP contribution in [0.3, 0.4) is 0 Å². The summed E-state index contributed by atoms with van der Waals surface area (Å²) in [7, 11) is 0. The molecule has 6 nitrogen and oxygen atoms in total. The molecular weight excluding hydrogens is 347 g/mol. The van der Waals surface area contributed by atoms with Crippen molar-refractivity contribution in [1.29, 1.82) is 0 Å². The van der Waals surface area contributed by atoms with E-state index in [1.54, 1.807) is 12.1 Å². The van der Waals surface area contributed by atoms with Gasteiger partial charge in [0.1, 0.15) is 5.82 Å². The molecular formula is C20H21FN4O2. The Kier molecular flexibility index (Phi) is 6.27. The Morgan fingerprint density at radius 1 is 1.11 bits per heavy atom. The number of nitrogens with one attached hydrogen (secondary N) is 1. The van der Waals surface area contributed by atoms with E-state index in [4.69, 9.17) is 4.42 Å². The minimum Gasteiger partial charge on any atom is -0.419 e. The van der Waals surface area contributed by atoms with E-state index in [-0.39, 0.29) is 18.3 Å². The molecule has 0 aliphatic heterocycles. The lowest BCUT2D eigenvalue weighted by Gasteiger charge is -2.17. The number of rotatable bonds is 8. The highest BCUT2D eigenvalue weighted by molar-refractivity contribution is 5.78. The minimum absolute atomic E-state index is 0.121. The van der Waals surface area contributed by atoms with Crippen LogP contribution in [0.15, 0.2) is 59.0 Å². The van der Waals surface area contributed by atoms with E-state index in [0.29, 0.717) is 31.4 Å². The molecule has 0 saturated carbocycles. The van der Waals surface area contributed by atoms with E-state index in [0.717, 1.165) is 11.1 Å². The van der Waals surface area contributed by atoms with Crippen LogP contribution >= 0.6 is 0 Å². The molecule has 0 aliphatic carbocycles. The Morgan fingerprint density at radius 2 is 1.85 bits per heavy atom. The molecule has 0 unspecified atom stereocenters. The fourth-order valence-electron chi connectivity index (χ4n) is 2.55. The fourth-order valence-corrected chi connectivity index (χ4v) is 2.55. The van der Waals surface area contributed by atoms with Gasteiger partial charge >= 0.3 is 0 Å². The second-order valence-corrected chi connectivity index (χ2v) is 6.07. The third kappa shape index (κ3) is 5.46. The average Bonchev–Trinajstić information content (AvgIpc) is 3.16. The molecule has 7 heteroatoms. The van der Waals surface area contributed by atoms with Gasteiger partial charge in [-0.1, -0.05) is 37.3 Å². The first-order valence-electron chi connectivity index (χ1n) is 8.75. The molecule has 1 amide bonds. The summed E-state index contributed by atoms with van der Waals surface area (Å²) in [5.74, 6) is 0.505. The lowest BCUT2D eigenvalue weighted by atomic mass is 10.2. The van der Waals surface area contributed by atoms with Crippen molar-refractivity contribution in [3.63, 3.8) is 0 Å². The highest BCUT2D eigenvalue weighted by Gasteiger charge is 2.14. The zero-order chi connectivity index (χ0) is 19.1. The number of hydrogen-bond acceptors (Lipinski definition) is 5. The van der Waals surface area contributed by atoms with Crippen LogP contribution in [0.2, 0.25) is 0 Å². The van der Waals surface area contributed by atoms with Crippen LogP contribution < -0.4 is 5.32 Å². The molecule has 1 N–H and O–H groups in total. The molecule has 3 aromatic rings. The number of benzene rings is 2. The molecule has 0 atom stereocenters. The van der Waals surface area contributed by atoms with Crippen molar-refractivity contribution in [1.82, 2.24) is 20.4 Å². The molecule has 1 aromatic heterocycles. The summed E-state index contributed by atoms with van der Waals surface area (Å²) in [5, 5.41) is 11.0. The molecule has 0 aliphatic rings. The van der Waals surface area contributed by atoms with Crippen molar-refractivity contribution in [3.8, 4) is 11.5 Å². The smallest absolute Gasteiger partial charge is 0.247 e. The average molecular weight is 368 g/mol. The Morgan fingerprint density at radius 3 is 2.56 bits per heavy atom. The van der Waals surface area contributed by atoms with Gasteiger partial charge in [-0.2, -0.15) is 0 Å². The maximum Gasteiger partial charge on any atom is 0.247 e. The van der Waals surface area contributed by atoms with Crippen LogP contribution in [0, 0.1) is 5.82 Å². The summed E-state index contributed by atoms with van der Waals surface area (Å²) in [6.45, 7) is 3.57. The summed E-state index contributed by atoms with van der Waals surface area (Å²) < 4.78 is 18.6. The van der Waals surface area contributed by atoms with Crippen LogP contribution in [0.1, 0.15) is 18.4 Å². The largest absolute Gasteiger partial charge is 0.419 e. The first kappa shape index (κ1) is 18.7. The molecule has 0 spiro atoms. The molecule has 0 fully saturated rings. The highest BCUT2D eigenvalue weighted by atomic mass is 19.1. The van der Waals surface area contributed by atoms with E-state index < -0.39 is 0 Å². The van der Waals surface area contributed by atoms with Crippen LogP contribution in [0.5, 0.6) is 0 Å². The summed E-state index contributed by atoms with van der Waals surface area (Å²) >= 11 is 0. The maximum atomic E-state index is 12.9. The van der Waals surface area contributed by atoms with Gasteiger partial charge in [-0.05, 0) is 36.4 Å². The molecule has 140 valence electrons. The zero-order valence-electron chi connectivity index (χ0n) is 15.1. The lowest BCUT2D eigenvalue weighted by Crippen LogP contribution is -2.36. The van der Waals surface area contributed by atoms with E-state index in [9.17, 15) is 9.18 Å². The highest BCUT2D eigenvalue weighted by Crippen LogP contribution is 2.17. The fraction of sp³-hybridized carbons (Fsp3) is 0.250. The van der Waals surface area contributed by atoms with Crippen LogP contribution in [-0.2, 0) is 17.9 Å². The molecule has 0 bridgehead atoms. The van der Waals surface area contributed by atoms with Gasteiger partial charge in [-0.15, -0.1) is 10.2 Å². The van der Waals surface area contributed by atoms with Crippen molar-refractivity contribution >= 4 is 5.91 Å². The van der Waals surface area contributed by atoms with Crippen LogP contribution in [-0.4, -0.2) is 34.1 Å². The summed E-state index contributed by atoms with van der Waals surface area (Å²) in [6.07, 6.45) is 0. The van der Waals surface area contributed by atoms with Crippen molar-refractivity contribution in [2.75, 3.05) is 13.1 Å². The number of likely N-dealkylation sites (N-methyl/N-ethyl adjacent to an activating group) is 1. The Balaban J connectivity index is 1.52. The topological polar surface area (TPSA) is 71.3 Å². The number of halogens is 1. The van der Waals surface area contributed by atoms with Crippen molar-refractivity contribution < 1.29 is 13.6 Å². The normalized spacial score (nSPS) is 10.9. The summed E-state index contributed by atoms with van der Waals surface area (Å²) in [4.78, 5) is 14.1. The second kappa shape index (κ2) is 9.05. The van der Waals surface area contributed by atoms with E-state index in [2.05, 4.69) is 15.5 Å². The molecule has 27 heavy (non-hydrogen) atoms. The van der Waals surface area contributed by atoms with Gasteiger partial charge in [0.2, 0.25) is 17.7 Å². The predicted molar refractivity (Wildman–Crippen MR) is 98.9 cm³/mol. The Labute approximate surface area is 157 Å². The molecule has 0 saturated heterocycles. The summed E-state index contributed by atoms with van der Waals surface area (Å²) in [6, 6.07) is 15.6. The molecule has 0 radical (unpaired) electrons. The van der Waals surface area contributed by atoms with Crippen LogP contribution in [0.4, 0.5) is 4.39 Å². The number of carbonyl (C=O) groups is 1. The second-order valence-electron chi connectivity index (χ2n) is 6.07. The van der Waals surface area contributed by atoms with Crippen molar-refractivity contribution in [3.05, 3.63) is 71.9 Å². The van der Waals surface area contributed by atoms with E-state index in [1.165, 1.54) is 12.1 Å². The SMILES string of the molecule is CCN(CC(=O)NCc1ccc(F)cc1)Cc1nnc(-c2ccccc2)o1. The number of hydrogen-bond donors (Lipinski definition) is 1. The van der Waals surface area contributed by atoms with Gasteiger partial charge in [-0.3, -0.25) is 9.69 Å². The molecule has 1 heterocycles. The van der Waals surface area contributed by atoms with Crippen LogP contribution in [0.25, 0.3) is 11.5 Å². The first-order chi connectivity index (χ1) is 13.1. The van der Waals surface area contributed by atoms with Crippen molar-refractivity contribution in [2.24, 2.45) is 0 Å². The van der Waals surface area contributed by atoms with Gasteiger partial charge in [0.05, 0.1) is 13.1 Å². The Hall–Kier alpha value is -3.06. The van der Waals surface area contributed by atoms with E-state index in [1.807, 2.05) is 42.2 Å². The van der Waals surface area contributed by atoms with Gasteiger partial charge in [0, 0.05) is 12.1 Å². The number of amides is 1. The number of carbonyl (C=O) groups excluding carboxylic acids is 1. The standard InChI is InChI=1S/C20H21FN4O2/c1-2-25(13-18(26)22-12-15-8-10-17(21)11-9-15)14-19-23-24-20(27-19)16-6-4-3-5-7-16/h3-11H,2,12-14H2,1H3,(H,22,26). The van der Waals surface area contributed by atoms with Gasteiger partial charge in [-0.25, -0.2) is 4.39 Å². The van der Waals surface area contributed by atoms with Gasteiger partial charge < -0.3 is 9.73 Å². The zero-order valence-corrected chi connectivity index (χ0v) is 15.1. The van der Waals surface area contributed by atoms with Gasteiger partial charge in [0.25, 0.3) is 0 Å². The minimum atomic E-state index is -0.295. The first-order valence-corrected chi connectivity index (χ1v) is 8.75. The summed E-state index contributed by atoms with van der Waals surface area (Å²) in [5.41, 5.74) is 1.70. The quantitative estimate of drug-likeness (QED) is 0.662. The lowest BCUT2D eigenvalue weighted by molar-refractivity contribution is -0.122. The predicted octanol–water partition coefficient (Wildman–Crippen LogP) is 3.01. The third-order valence-corrected chi connectivity index (χ3v) is 4.06. The number of aromatic nitrogens is 2. The van der Waals surface area contributed by atoms with E-state index >= 15 is 0 Å². The monoisotopic (exact) mass is 368 g/mol. The maximum absolute atomic E-state index is 12.9. The third-order valence-electron chi connectivity index (χ3n) is 4.06. The van der Waals surface area contributed by atoms with Gasteiger partial charge in [0.15, 0.2) is 0 Å². The van der Waals surface area contributed by atoms with Crippen molar-refractivity contribution in [2.45, 2.75) is 20.0 Å². The Bertz CT molecular complexity index is 865. The molecule has 2 aromatic carbocycles. The number of nitrogens with zero attached hydrogens (tertiary/aromatic N) is 3. The molecule has 3 rings (SSSR count).